The predicted molar refractivity (Wildman–Crippen MR) is 60.7 cm³/mol. The van der Waals surface area contributed by atoms with E-state index in [-0.39, 0.29) is 11.5 Å². The number of methoxy groups -OCH3 is 1. The van der Waals surface area contributed by atoms with Gasteiger partial charge in [-0.3, -0.25) is 0 Å². The molecule has 1 aromatic carbocycles. The molecule has 16 heavy (non-hydrogen) atoms. The fraction of sp³-hybridized carbons (Fsp3) is 0.0909. The standard InChI is InChI=1S/C11H7BrFNO2/c1-16-11(15)9-5-6-4-7(13)2-3-8(6)10(12)14-9/h2-5H,1H3. The van der Waals surface area contributed by atoms with Gasteiger partial charge in [0.25, 0.3) is 0 Å². The van der Waals surface area contributed by atoms with Gasteiger partial charge in [-0.05, 0) is 45.6 Å². The van der Waals surface area contributed by atoms with E-state index in [9.17, 15) is 9.18 Å². The summed E-state index contributed by atoms with van der Waals surface area (Å²) in [6.45, 7) is 0. The fourth-order valence-corrected chi connectivity index (χ4v) is 1.95. The monoisotopic (exact) mass is 283 g/mol. The highest BCUT2D eigenvalue weighted by Gasteiger charge is 2.11. The fourth-order valence-electron chi connectivity index (χ4n) is 1.40. The molecule has 0 aliphatic heterocycles. The molecule has 0 bridgehead atoms. The Balaban J connectivity index is 2.69. The molecule has 0 N–H and O–H groups in total. The number of aromatic nitrogens is 1. The summed E-state index contributed by atoms with van der Waals surface area (Å²) in [5.74, 6) is -0.909. The van der Waals surface area contributed by atoms with Crippen molar-refractivity contribution in [3.8, 4) is 0 Å². The second-order valence-corrected chi connectivity index (χ2v) is 3.91. The number of benzene rings is 1. The molecule has 0 amide bonds. The molecule has 0 aliphatic rings. The number of carbonyl (C=O) groups excluding carboxylic acids is 1. The Morgan fingerprint density at radius 2 is 2.19 bits per heavy atom. The zero-order chi connectivity index (χ0) is 11.7. The minimum atomic E-state index is -0.549. The molecule has 1 aromatic heterocycles. The maximum absolute atomic E-state index is 13.0. The Bertz CT molecular complexity index is 571. The molecule has 0 radical (unpaired) electrons. The lowest BCUT2D eigenvalue weighted by atomic mass is 10.1. The predicted octanol–water partition coefficient (Wildman–Crippen LogP) is 2.92. The normalized spacial score (nSPS) is 10.4. The highest BCUT2D eigenvalue weighted by molar-refractivity contribution is 9.10. The lowest BCUT2D eigenvalue weighted by molar-refractivity contribution is 0.0594. The van der Waals surface area contributed by atoms with Gasteiger partial charge in [-0.15, -0.1) is 0 Å². The van der Waals surface area contributed by atoms with Gasteiger partial charge in [0, 0.05) is 5.39 Å². The second kappa shape index (κ2) is 4.17. The molecular formula is C11H7BrFNO2. The number of hydrogen-bond donors (Lipinski definition) is 0. The molecule has 3 nitrogen and oxygen atoms in total. The maximum atomic E-state index is 13.0. The molecule has 0 atom stereocenters. The Morgan fingerprint density at radius 3 is 2.88 bits per heavy atom. The van der Waals surface area contributed by atoms with E-state index in [0.29, 0.717) is 9.99 Å². The summed E-state index contributed by atoms with van der Waals surface area (Å²) in [7, 11) is 1.27. The molecule has 0 fully saturated rings. The van der Waals surface area contributed by atoms with Gasteiger partial charge >= 0.3 is 5.97 Å². The highest BCUT2D eigenvalue weighted by atomic mass is 79.9. The molecule has 2 rings (SSSR count). The van der Waals surface area contributed by atoms with Crippen molar-refractivity contribution in [2.24, 2.45) is 0 Å². The van der Waals surface area contributed by atoms with Crippen LogP contribution >= 0.6 is 15.9 Å². The van der Waals surface area contributed by atoms with Crippen LogP contribution in [-0.2, 0) is 4.74 Å². The first-order valence-corrected chi connectivity index (χ1v) is 5.25. The topological polar surface area (TPSA) is 39.2 Å². The van der Waals surface area contributed by atoms with Gasteiger partial charge in [0.1, 0.15) is 16.1 Å². The zero-order valence-electron chi connectivity index (χ0n) is 8.33. The van der Waals surface area contributed by atoms with E-state index in [1.54, 1.807) is 6.07 Å². The van der Waals surface area contributed by atoms with E-state index in [1.807, 2.05) is 0 Å². The van der Waals surface area contributed by atoms with Gasteiger partial charge in [-0.1, -0.05) is 0 Å². The quantitative estimate of drug-likeness (QED) is 0.597. The maximum Gasteiger partial charge on any atom is 0.356 e. The number of ether oxygens (including phenoxy) is 1. The van der Waals surface area contributed by atoms with Crippen LogP contribution in [0.15, 0.2) is 28.9 Å². The number of carbonyl (C=O) groups is 1. The van der Waals surface area contributed by atoms with Gasteiger partial charge in [0.2, 0.25) is 0 Å². The van der Waals surface area contributed by atoms with E-state index in [0.717, 1.165) is 5.39 Å². The second-order valence-electron chi connectivity index (χ2n) is 3.16. The van der Waals surface area contributed by atoms with Gasteiger partial charge in [-0.2, -0.15) is 0 Å². The number of halogens is 2. The number of fused-ring (bicyclic) bond motifs is 1. The molecular weight excluding hydrogens is 277 g/mol. The lowest BCUT2D eigenvalue weighted by Crippen LogP contribution is -2.04. The molecule has 0 aliphatic carbocycles. The molecule has 0 spiro atoms. The molecule has 5 heteroatoms. The number of pyridine rings is 1. The number of rotatable bonds is 1. The van der Waals surface area contributed by atoms with Crippen LogP contribution in [0.3, 0.4) is 0 Å². The van der Waals surface area contributed by atoms with Crippen LogP contribution in [0.4, 0.5) is 4.39 Å². The third-order valence-electron chi connectivity index (χ3n) is 2.14. The first kappa shape index (κ1) is 11.0. The van der Waals surface area contributed by atoms with Crippen molar-refractivity contribution in [3.05, 3.63) is 40.4 Å². The summed E-state index contributed by atoms with van der Waals surface area (Å²) in [6, 6.07) is 5.78. The minimum Gasteiger partial charge on any atom is -0.464 e. The van der Waals surface area contributed by atoms with E-state index < -0.39 is 5.97 Å². The van der Waals surface area contributed by atoms with Crippen LogP contribution in [0.5, 0.6) is 0 Å². The zero-order valence-corrected chi connectivity index (χ0v) is 9.92. The van der Waals surface area contributed by atoms with Crippen LogP contribution in [0, 0.1) is 5.82 Å². The summed E-state index contributed by atoms with van der Waals surface area (Å²) >= 11 is 3.23. The summed E-state index contributed by atoms with van der Waals surface area (Å²) in [4.78, 5) is 15.3. The first-order valence-electron chi connectivity index (χ1n) is 4.46. The van der Waals surface area contributed by atoms with Crippen molar-refractivity contribution in [3.63, 3.8) is 0 Å². The SMILES string of the molecule is COC(=O)c1cc2cc(F)ccc2c(Br)n1. The minimum absolute atomic E-state index is 0.146. The first-order chi connectivity index (χ1) is 7.61. The van der Waals surface area contributed by atoms with E-state index in [2.05, 4.69) is 25.7 Å². The van der Waals surface area contributed by atoms with Crippen molar-refractivity contribution in [1.82, 2.24) is 4.98 Å². The van der Waals surface area contributed by atoms with Crippen LogP contribution in [0.25, 0.3) is 10.8 Å². The molecule has 0 unspecified atom stereocenters. The lowest BCUT2D eigenvalue weighted by Gasteiger charge is -2.03. The van der Waals surface area contributed by atoms with Crippen molar-refractivity contribution in [2.75, 3.05) is 7.11 Å². The van der Waals surface area contributed by atoms with Crippen molar-refractivity contribution < 1.29 is 13.9 Å². The van der Waals surface area contributed by atoms with E-state index in [4.69, 9.17) is 0 Å². The summed E-state index contributed by atoms with van der Waals surface area (Å²) in [6.07, 6.45) is 0. The Labute approximate surface area is 99.4 Å². The van der Waals surface area contributed by atoms with Crippen molar-refractivity contribution in [1.29, 1.82) is 0 Å². The summed E-state index contributed by atoms with van der Waals surface area (Å²) in [5, 5.41) is 1.34. The van der Waals surface area contributed by atoms with Crippen LogP contribution in [0.1, 0.15) is 10.5 Å². The van der Waals surface area contributed by atoms with Gasteiger partial charge in [-0.25, -0.2) is 14.2 Å². The third-order valence-corrected chi connectivity index (χ3v) is 2.75. The third kappa shape index (κ3) is 1.90. The van der Waals surface area contributed by atoms with Crippen LogP contribution < -0.4 is 0 Å². The van der Waals surface area contributed by atoms with E-state index in [1.165, 1.54) is 25.3 Å². The molecule has 1 heterocycles. The number of nitrogens with zero attached hydrogens (tertiary/aromatic N) is 1. The average molecular weight is 284 g/mol. The van der Waals surface area contributed by atoms with Gasteiger partial charge < -0.3 is 4.74 Å². The largest absolute Gasteiger partial charge is 0.464 e. The Hall–Kier alpha value is -1.49. The van der Waals surface area contributed by atoms with Crippen LogP contribution in [0.2, 0.25) is 0 Å². The smallest absolute Gasteiger partial charge is 0.356 e. The molecule has 0 saturated carbocycles. The van der Waals surface area contributed by atoms with Crippen molar-refractivity contribution >= 4 is 32.7 Å². The number of hydrogen-bond acceptors (Lipinski definition) is 3. The van der Waals surface area contributed by atoms with Crippen LogP contribution in [-0.4, -0.2) is 18.1 Å². The molecule has 2 aromatic rings. The van der Waals surface area contributed by atoms with E-state index >= 15 is 0 Å². The Morgan fingerprint density at radius 1 is 1.44 bits per heavy atom. The molecule has 0 saturated heterocycles. The van der Waals surface area contributed by atoms with Crippen molar-refractivity contribution in [2.45, 2.75) is 0 Å². The highest BCUT2D eigenvalue weighted by Crippen LogP contribution is 2.24. The summed E-state index contributed by atoms with van der Waals surface area (Å²) in [5.41, 5.74) is 0.146. The van der Waals surface area contributed by atoms with Gasteiger partial charge in [0.15, 0.2) is 0 Å². The van der Waals surface area contributed by atoms with Gasteiger partial charge in [0.05, 0.1) is 7.11 Å². The number of esters is 1. The Kier molecular flexibility index (Phi) is 2.87. The summed E-state index contributed by atoms with van der Waals surface area (Å²) < 4.78 is 18.1. The average Bonchev–Trinajstić information content (AvgIpc) is 2.27. The molecule has 82 valence electrons.